The topological polar surface area (TPSA) is 32.7 Å². The summed E-state index contributed by atoms with van der Waals surface area (Å²) < 4.78 is 9.64. The van der Waals surface area contributed by atoms with Gasteiger partial charge in [0.05, 0.1) is 0 Å². The van der Waals surface area contributed by atoms with Crippen LogP contribution in [0.15, 0.2) is 291 Å². The van der Waals surface area contributed by atoms with E-state index >= 15 is 0 Å². The van der Waals surface area contributed by atoms with Crippen LogP contribution in [0.25, 0.3) is 87.2 Å². The number of benzene rings is 12. The van der Waals surface area contributed by atoms with Gasteiger partial charge in [-0.3, -0.25) is 0 Å². The van der Waals surface area contributed by atoms with Crippen LogP contribution in [0, 0.1) is 5.92 Å². The molecule has 4 heterocycles. The van der Waals surface area contributed by atoms with Gasteiger partial charge in [0.25, 0.3) is 0 Å². The molecule has 0 aliphatic heterocycles. The summed E-state index contributed by atoms with van der Waals surface area (Å²) >= 11 is 0. The fourth-order valence-corrected chi connectivity index (χ4v) is 14.1. The van der Waals surface area contributed by atoms with E-state index in [0.717, 1.165) is 13.1 Å². The zero-order valence-electron chi connectivity index (χ0n) is 58.2. The van der Waals surface area contributed by atoms with Gasteiger partial charge in [0.2, 0.25) is 0 Å². The molecule has 0 atom stereocenters. The van der Waals surface area contributed by atoms with Crippen molar-refractivity contribution >= 4 is 133 Å². The van der Waals surface area contributed by atoms with Crippen molar-refractivity contribution in [1.29, 1.82) is 0 Å². The second-order valence-electron chi connectivity index (χ2n) is 27.0. The first-order chi connectivity index (χ1) is 47.2. The maximum atomic E-state index is 2.47. The summed E-state index contributed by atoms with van der Waals surface area (Å²) in [5.41, 5.74) is 20.1. The highest BCUT2D eigenvalue weighted by Crippen LogP contribution is 2.40. The predicted octanol–water partition coefficient (Wildman–Crippen LogP) is 24.0. The third kappa shape index (κ3) is 13.2. The Morgan fingerprint density at radius 2 is 0.567 bits per heavy atom. The van der Waals surface area contributed by atoms with Crippen LogP contribution in [0.1, 0.15) is 54.4 Å². The number of aromatic nitrogens is 4. The molecule has 0 unspecified atom stereocenters. The molecule has 486 valence electrons. The number of aryl methyl sites for hydroxylation is 2. The molecule has 0 radical (unpaired) electrons. The SMILES string of the molecule is CC(C)Cn1c2ccccc2c2cc(N(C)c3ccccc3)ccc21.CCCCn1c2ccccc2c2cc(N(C)c3ccccc3)ccc21.CN(c1ccccc1)c1ccc2c(c1)c1ccccc1n2C.CN(c1ccccc1)c1ccc2c(c1)c1ccccc1n2C(C)(C)C. The summed E-state index contributed by atoms with van der Waals surface area (Å²) in [6.07, 6.45) is 2.42. The van der Waals surface area contributed by atoms with Gasteiger partial charge >= 0.3 is 0 Å². The van der Waals surface area contributed by atoms with E-state index in [1.54, 1.807) is 0 Å². The zero-order chi connectivity index (χ0) is 67.3. The molecule has 16 aromatic rings. The molecule has 0 aliphatic rings. The van der Waals surface area contributed by atoms with Crippen LogP contribution in [0.5, 0.6) is 0 Å². The van der Waals surface area contributed by atoms with Crippen molar-refractivity contribution < 1.29 is 0 Å². The Balaban J connectivity index is 0.000000117. The van der Waals surface area contributed by atoms with Crippen LogP contribution < -0.4 is 19.6 Å². The Morgan fingerprint density at radius 3 is 0.959 bits per heavy atom. The van der Waals surface area contributed by atoms with E-state index in [0.29, 0.717) is 5.92 Å². The lowest BCUT2D eigenvalue weighted by Crippen LogP contribution is -2.21. The molecule has 12 aromatic carbocycles. The van der Waals surface area contributed by atoms with Crippen LogP contribution in [0.2, 0.25) is 0 Å². The van der Waals surface area contributed by atoms with E-state index in [2.05, 4.69) is 400 Å². The minimum Gasteiger partial charge on any atom is -0.345 e. The molecule has 0 amide bonds. The largest absolute Gasteiger partial charge is 0.345 e. The van der Waals surface area contributed by atoms with Crippen LogP contribution in [0.4, 0.5) is 45.5 Å². The molecule has 0 aliphatic carbocycles. The van der Waals surface area contributed by atoms with Crippen molar-refractivity contribution in [1.82, 2.24) is 18.3 Å². The number of nitrogens with zero attached hydrogens (tertiary/aromatic N) is 8. The first kappa shape index (κ1) is 64.7. The molecule has 0 saturated heterocycles. The molecular formula is C89H90N8. The molecule has 0 fully saturated rings. The van der Waals surface area contributed by atoms with E-state index in [1.807, 2.05) is 6.07 Å². The fraction of sp³-hybridized carbons (Fsp3) is 0.191. The van der Waals surface area contributed by atoms with Crippen molar-refractivity contribution in [2.75, 3.05) is 47.8 Å². The van der Waals surface area contributed by atoms with Gasteiger partial charge in [0, 0.05) is 187 Å². The van der Waals surface area contributed by atoms with E-state index in [9.17, 15) is 0 Å². The molecule has 0 spiro atoms. The zero-order valence-corrected chi connectivity index (χ0v) is 58.2. The van der Waals surface area contributed by atoms with Crippen LogP contribution >= 0.6 is 0 Å². The van der Waals surface area contributed by atoms with Gasteiger partial charge in [0.15, 0.2) is 0 Å². The average molecular weight is 1270 g/mol. The third-order valence-electron chi connectivity index (χ3n) is 19.1. The lowest BCUT2D eigenvalue weighted by molar-refractivity contribution is 0.423. The lowest BCUT2D eigenvalue weighted by atomic mass is 10.1. The number of hydrogen-bond donors (Lipinski definition) is 0. The summed E-state index contributed by atoms with van der Waals surface area (Å²) in [7, 11) is 10.6. The van der Waals surface area contributed by atoms with E-state index in [1.165, 1.54) is 146 Å². The lowest BCUT2D eigenvalue weighted by Gasteiger charge is -2.24. The van der Waals surface area contributed by atoms with E-state index in [-0.39, 0.29) is 5.54 Å². The molecule has 4 aromatic heterocycles. The first-order valence-corrected chi connectivity index (χ1v) is 34.3. The highest BCUT2D eigenvalue weighted by molar-refractivity contribution is 6.12. The summed E-state index contributed by atoms with van der Waals surface area (Å²) in [5, 5.41) is 10.6. The smallest absolute Gasteiger partial charge is 0.0497 e. The summed E-state index contributed by atoms with van der Waals surface area (Å²) in [6.45, 7) is 15.7. The minimum absolute atomic E-state index is 0.0359. The van der Waals surface area contributed by atoms with Gasteiger partial charge < -0.3 is 37.9 Å². The van der Waals surface area contributed by atoms with Gasteiger partial charge in [-0.2, -0.15) is 0 Å². The number of unbranched alkanes of at least 4 members (excludes halogenated alkanes) is 1. The molecule has 16 rings (SSSR count). The van der Waals surface area contributed by atoms with Crippen LogP contribution in [-0.4, -0.2) is 46.5 Å². The number of hydrogen-bond acceptors (Lipinski definition) is 4. The Bertz CT molecular complexity index is 5340. The average Bonchev–Trinajstić information content (AvgIpc) is 1.62. The number of rotatable bonds is 13. The molecule has 0 bridgehead atoms. The van der Waals surface area contributed by atoms with Gasteiger partial charge in [-0.05, 0) is 179 Å². The Hall–Kier alpha value is -11.0. The Labute approximate surface area is 572 Å². The van der Waals surface area contributed by atoms with Crippen molar-refractivity contribution in [3.05, 3.63) is 291 Å². The van der Waals surface area contributed by atoms with Crippen molar-refractivity contribution in [2.24, 2.45) is 13.0 Å². The fourth-order valence-electron chi connectivity index (χ4n) is 14.1. The number of para-hydroxylation sites is 8. The van der Waals surface area contributed by atoms with E-state index < -0.39 is 0 Å². The highest BCUT2D eigenvalue weighted by Gasteiger charge is 2.22. The monoisotopic (exact) mass is 1270 g/mol. The molecule has 8 nitrogen and oxygen atoms in total. The molecule has 0 saturated carbocycles. The molecule has 0 N–H and O–H groups in total. The van der Waals surface area contributed by atoms with Gasteiger partial charge in [-0.25, -0.2) is 0 Å². The van der Waals surface area contributed by atoms with Gasteiger partial charge in [-0.1, -0.05) is 173 Å². The molecular weight excluding hydrogens is 1180 g/mol. The van der Waals surface area contributed by atoms with Crippen LogP contribution in [-0.2, 0) is 25.7 Å². The predicted molar refractivity (Wildman–Crippen MR) is 422 cm³/mol. The summed E-state index contributed by atoms with van der Waals surface area (Å²) in [6, 6.07) is 104. The Morgan fingerprint density at radius 1 is 0.299 bits per heavy atom. The molecule has 8 heteroatoms. The summed E-state index contributed by atoms with van der Waals surface area (Å²) in [4.78, 5) is 8.95. The second-order valence-corrected chi connectivity index (χ2v) is 27.0. The van der Waals surface area contributed by atoms with Gasteiger partial charge in [0.1, 0.15) is 0 Å². The van der Waals surface area contributed by atoms with E-state index in [4.69, 9.17) is 0 Å². The second kappa shape index (κ2) is 28.2. The third-order valence-corrected chi connectivity index (χ3v) is 19.1. The minimum atomic E-state index is 0.0359. The van der Waals surface area contributed by atoms with Crippen molar-refractivity contribution in [3.8, 4) is 0 Å². The standard InChI is InChI=1S/3C23H24N2.C20H18N2/c1-23(2,3)25-21-13-9-8-12-19(21)20-16-18(14-15-22(20)25)24(4)17-10-6-5-7-11-17;1-17(2)16-25-22-12-8-7-11-20(22)21-15-19(13-14-23(21)25)24(3)18-9-5-4-6-10-18;1-3-4-16-25-22-13-9-8-12-20(22)21-17-19(14-15-23(21)25)24(2)18-10-6-5-7-11-18;1-21(15-8-4-3-5-9-15)16-12-13-20-18(14-16)17-10-6-7-11-19(17)22(20)2/h5-16H,1-4H3;4-15,17H,16H2,1-3H3;5-15,17H,3-4,16H2,1-2H3;3-14H,1-2H3. The quantitative estimate of drug-likeness (QED) is 0.115. The maximum Gasteiger partial charge on any atom is 0.0497 e. The van der Waals surface area contributed by atoms with Gasteiger partial charge in [-0.15, -0.1) is 0 Å². The number of anilines is 8. The number of fused-ring (bicyclic) bond motifs is 12. The highest BCUT2D eigenvalue weighted by atomic mass is 15.1. The van der Waals surface area contributed by atoms with Crippen molar-refractivity contribution in [2.45, 2.75) is 73.0 Å². The first-order valence-electron chi connectivity index (χ1n) is 34.3. The molecule has 97 heavy (non-hydrogen) atoms. The van der Waals surface area contributed by atoms with Crippen LogP contribution in [0.3, 0.4) is 0 Å². The maximum absolute atomic E-state index is 2.47. The summed E-state index contributed by atoms with van der Waals surface area (Å²) in [5.74, 6) is 0.616. The Kier molecular flexibility index (Phi) is 18.8. The normalized spacial score (nSPS) is 11.5. The van der Waals surface area contributed by atoms with Crippen molar-refractivity contribution in [3.63, 3.8) is 0 Å².